The molecule has 2 aromatic rings. The zero-order valence-electron chi connectivity index (χ0n) is 12.1. The van der Waals surface area contributed by atoms with E-state index < -0.39 is 0 Å². The minimum atomic E-state index is -0.185. The van der Waals surface area contributed by atoms with E-state index in [1.165, 1.54) is 5.56 Å². The summed E-state index contributed by atoms with van der Waals surface area (Å²) in [5.74, 6) is -0.185. The molecule has 3 rings (SSSR count). The van der Waals surface area contributed by atoms with Gasteiger partial charge in [0.15, 0.2) is 0 Å². The van der Waals surface area contributed by atoms with Crippen LogP contribution in [0.5, 0.6) is 0 Å². The third-order valence-corrected chi connectivity index (χ3v) is 3.75. The number of allylic oxidation sites excluding steroid dienone is 5. The Morgan fingerprint density at radius 3 is 2.29 bits per heavy atom. The molecule has 21 heavy (non-hydrogen) atoms. The molecule has 0 atom stereocenters. The standard InChI is InChI=1S/C20H17F/c1-14-3-7-16(8-4-14)18-11-12-19(20(21)13-18)17-9-5-15(2)6-10-17/h3,5-13H,1,4H2,2H3. The largest absolute Gasteiger partial charge is 0.206 e. The van der Waals surface area contributed by atoms with Crippen LogP contribution in [0.3, 0.4) is 0 Å². The summed E-state index contributed by atoms with van der Waals surface area (Å²) in [7, 11) is 0. The van der Waals surface area contributed by atoms with Gasteiger partial charge in [-0.15, -0.1) is 0 Å². The Labute approximate surface area is 124 Å². The Bertz CT molecular complexity index is 746. The van der Waals surface area contributed by atoms with E-state index in [1.807, 2.05) is 55.5 Å². The molecule has 0 aromatic heterocycles. The van der Waals surface area contributed by atoms with Gasteiger partial charge in [0.2, 0.25) is 0 Å². The molecule has 2 aromatic carbocycles. The summed E-state index contributed by atoms with van der Waals surface area (Å²) in [6, 6.07) is 13.4. The van der Waals surface area contributed by atoms with Crippen LogP contribution in [0.1, 0.15) is 17.5 Å². The van der Waals surface area contributed by atoms with Crippen molar-refractivity contribution in [2.75, 3.05) is 0 Å². The highest BCUT2D eigenvalue weighted by molar-refractivity contribution is 5.78. The first-order valence-electron chi connectivity index (χ1n) is 7.06. The molecule has 0 nitrogen and oxygen atoms in total. The molecule has 0 spiro atoms. The Morgan fingerprint density at radius 1 is 0.952 bits per heavy atom. The van der Waals surface area contributed by atoms with Gasteiger partial charge in [-0.25, -0.2) is 4.39 Å². The Hall–Kier alpha value is -2.41. The summed E-state index contributed by atoms with van der Waals surface area (Å²) in [5, 5.41) is 0. The normalized spacial score (nSPS) is 14.2. The number of benzene rings is 2. The third-order valence-electron chi connectivity index (χ3n) is 3.75. The molecule has 0 aliphatic heterocycles. The predicted octanol–water partition coefficient (Wildman–Crippen LogP) is 5.70. The molecular weight excluding hydrogens is 259 g/mol. The molecule has 0 bridgehead atoms. The van der Waals surface area contributed by atoms with E-state index >= 15 is 0 Å². The van der Waals surface area contributed by atoms with Gasteiger partial charge in [-0.2, -0.15) is 0 Å². The SMILES string of the molecule is C=C1C=CC(c2ccc(-c3ccc(C)cc3)c(F)c2)=CC1. The quantitative estimate of drug-likeness (QED) is 0.660. The molecule has 0 fully saturated rings. The van der Waals surface area contributed by atoms with Crippen molar-refractivity contribution in [1.29, 1.82) is 0 Å². The maximum absolute atomic E-state index is 14.4. The van der Waals surface area contributed by atoms with Crippen molar-refractivity contribution in [1.82, 2.24) is 0 Å². The van der Waals surface area contributed by atoms with Gasteiger partial charge in [0.1, 0.15) is 5.82 Å². The summed E-state index contributed by atoms with van der Waals surface area (Å²) in [6.07, 6.45) is 6.89. The van der Waals surface area contributed by atoms with Gasteiger partial charge in [-0.1, -0.05) is 72.3 Å². The Kier molecular flexibility index (Phi) is 3.57. The monoisotopic (exact) mass is 276 g/mol. The lowest BCUT2D eigenvalue weighted by Gasteiger charge is -2.11. The summed E-state index contributed by atoms with van der Waals surface area (Å²) in [4.78, 5) is 0. The van der Waals surface area contributed by atoms with E-state index in [2.05, 4.69) is 12.7 Å². The fourth-order valence-electron chi connectivity index (χ4n) is 2.46. The maximum Gasteiger partial charge on any atom is 0.131 e. The van der Waals surface area contributed by atoms with Crippen molar-refractivity contribution >= 4 is 5.57 Å². The van der Waals surface area contributed by atoms with E-state index in [1.54, 1.807) is 6.07 Å². The van der Waals surface area contributed by atoms with Crippen molar-refractivity contribution in [3.05, 3.63) is 89.8 Å². The number of rotatable bonds is 2. The minimum absolute atomic E-state index is 0.185. The molecule has 0 saturated carbocycles. The average Bonchev–Trinajstić information content (AvgIpc) is 2.49. The first-order valence-corrected chi connectivity index (χ1v) is 7.06. The van der Waals surface area contributed by atoms with Gasteiger partial charge >= 0.3 is 0 Å². The zero-order chi connectivity index (χ0) is 14.8. The van der Waals surface area contributed by atoms with Gasteiger partial charge in [0.25, 0.3) is 0 Å². The molecule has 1 aliphatic carbocycles. The summed E-state index contributed by atoms with van der Waals surface area (Å²) >= 11 is 0. The first kappa shape index (κ1) is 13.6. The van der Waals surface area contributed by atoms with E-state index in [-0.39, 0.29) is 5.82 Å². The van der Waals surface area contributed by atoms with Crippen LogP contribution in [0, 0.1) is 12.7 Å². The molecule has 0 saturated heterocycles. The smallest absolute Gasteiger partial charge is 0.131 e. The fourth-order valence-corrected chi connectivity index (χ4v) is 2.46. The van der Waals surface area contributed by atoms with E-state index in [0.717, 1.165) is 28.7 Å². The lowest BCUT2D eigenvalue weighted by Crippen LogP contribution is -1.91. The number of hydrogen-bond donors (Lipinski definition) is 0. The van der Waals surface area contributed by atoms with Crippen LogP contribution in [0.15, 0.2) is 72.8 Å². The van der Waals surface area contributed by atoms with Crippen molar-refractivity contribution in [3.63, 3.8) is 0 Å². The summed E-state index contributed by atoms with van der Waals surface area (Å²) in [5.41, 5.74) is 5.77. The van der Waals surface area contributed by atoms with Crippen LogP contribution < -0.4 is 0 Å². The highest BCUT2D eigenvalue weighted by atomic mass is 19.1. The lowest BCUT2D eigenvalue weighted by molar-refractivity contribution is 0.631. The molecule has 1 heteroatoms. The Balaban J connectivity index is 1.95. The fraction of sp³-hybridized carbons (Fsp3) is 0.100. The molecule has 0 heterocycles. The van der Waals surface area contributed by atoms with Gasteiger partial charge in [-0.05, 0) is 36.1 Å². The number of halogens is 1. The molecule has 104 valence electrons. The highest BCUT2D eigenvalue weighted by Gasteiger charge is 2.09. The zero-order valence-corrected chi connectivity index (χ0v) is 12.1. The molecule has 1 aliphatic rings. The average molecular weight is 276 g/mol. The van der Waals surface area contributed by atoms with Gasteiger partial charge in [-0.3, -0.25) is 0 Å². The van der Waals surface area contributed by atoms with Crippen LogP contribution >= 0.6 is 0 Å². The summed E-state index contributed by atoms with van der Waals surface area (Å²) in [6.45, 7) is 5.94. The van der Waals surface area contributed by atoms with Crippen LogP contribution in [0.4, 0.5) is 4.39 Å². The van der Waals surface area contributed by atoms with Crippen molar-refractivity contribution < 1.29 is 4.39 Å². The second-order valence-corrected chi connectivity index (χ2v) is 5.42. The highest BCUT2D eigenvalue weighted by Crippen LogP contribution is 2.28. The minimum Gasteiger partial charge on any atom is -0.206 e. The molecule has 0 N–H and O–H groups in total. The molecule has 0 radical (unpaired) electrons. The predicted molar refractivity (Wildman–Crippen MR) is 87.4 cm³/mol. The third kappa shape index (κ3) is 2.87. The van der Waals surface area contributed by atoms with Crippen molar-refractivity contribution in [2.45, 2.75) is 13.3 Å². The van der Waals surface area contributed by atoms with Gasteiger partial charge in [0, 0.05) is 5.56 Å². The van der Waals surface area contributed by atoms with Crippen LogP contribution in [-0.2, 0) is 0 Å². The maximum atomic E-state index is 14.4. The van der Waals surface area contributed by atoms with E-state index in [9.17, 15) is 4.39 Å². The van der Waals surface area contributed by atoms with Gasteiger partial charge < -0.3 is 0 Å². The second kappa shape index (κ2) is 5.53. The van der Waals surface area contributed by atoms with Crippen LogP contribution in [0.25, 0.3) is 16.7 Å². The lowest BCUT2D eigenvalue weighted by atomic mass is 9.95. The Morgan fingerprint density at radius 2 is 1.67 bits per heavy atom. The van der Waals surface area contributed by atoms with Crippen LogP contribution in [0.2, 0.25) is 0 Å². The molecule has 0 amide bonds. The second-order valence-electron chi connectivity index (χ2n) is 5.42. The number of aryl methyl sites for hydroxylation is 1. The van der Waals surface area contributed by atoms with E-state index in [4.69, 9.17) is 0 Å². The van der Waals surface area contributed by atoms with E-state index in [0.29, 0.717) is 5.56 Å². The topological polar surface area (TPSA) is 0 Å². The van der Waals surface area contributed by atoms with Crippen molar-refractivity contribution in [2.24, 2.45) is 0 Å². The molecule has 0 unspecified atom stereocenters. The summed E-state index contributed by atoms with van der Waals surface area (Å²) < 4.78 is 14.4. The number of hydrogen-bond acceptors (Lipinski definition) is 0. The first-order chi connectivity index (χ1) is 10.1. The van der Waals surface area contributed by atoms with Crippen molar-refractivity contribution in [3.8, 4) is 11.1 Å². The molecular formula is C20H17F. The van der Waals surface area contributed by atoms with Gasteiger partial charge in [0.05, 0.1) is 0 Å². The van der Waals surface area contributed by atoms with Crippen LogP contribution in [-0.4, -0.2) is 0 Å².